The molecule has 1 saturated carbocycles. The number of hydrogen-bond acceptors (Lipinski definition) is 1. The lowest BCUT2D eigenvalue weighted by Gasteiger charge is -2.30. The van der Waals surface area contributed by atoms with Crippen LogP contribution in [0.3, 0.4) is 0 Å². The van der Waals surface area contributed by atoms with Crippen LogP contribution in [0.25, 0.3) is 10.8 Å². The molecule has 4 rings (SSSR count). The van der Waals surface area contributed by atoms with Crippen LogP contribution in [0.4, 0.5) is 0 Å². The summed E-state index contributed by atoms with van der Waals surface area (Å²) in [5.74, 6) is 0.765. The Balaban J connectivity index is 1.57. The van der Waals surface area contributed by atoms with Gasteiger partial charge in [0, 0.05) is 6.42 Å². The molecule has 2 atom stereocenters. The lowest BCUT2D eigenvalue weighted by Crippen LogP contribution is -2.25. The summed E-state index contributed by atoms with van der Waals surface area (Å²) in [5, 5.41) is 2.81. The molecule has 2 unspecified atom stereocenters. The van der Waals surface area contributed by atoms with Crippen LogP contribution in [0.15, 0.2) is 36.4 Å². The van der Waals surface area contributed by atoms with Gasteiger partial charge in [-0.05, 0) is 47.6 Å². The topological polar surface area (TPSA) is 9.23 Å². The first-order chi connectivity index (χ1) is 10.3. The maximum absolute atomic E-state index is 6.52. The standard InChI is InChI=1S/C20H24O/c1-14(15-7-3-2-4-8-15)21-19-13-17-11-5-9-16-10-6-12-18(19)20(16)17/h5-6,9-12,14-15,19H,2-4,7-8,13H2,1H3. The predicted molar refractivity (Wildman–Crippen MR) is 87.5 cm³/mol. The summed E-state index contributed by atoms with van der Waals surface area (Å²) in [6.45, 7) is 2.29. The molecule has 0 aliphatic heterocycles. The minimum Gasteiger partial charge on any atom is -0.370 e. The third kappa shape index (κ3) is 2.38. The van der Waals surface area contributed by atoms with Gasteiger partial charge in [-0.1, -0.05) is 55.7 Å². The van der Waals surface area contributed by atoms with Crippen molar-refractivity contribution in [2.24, 2.45) is 5.92 Å². The van der Waals surface area contributed by atoms with E-state index in [9.17, 15) is 0 Å². The highest BCUT2D eigenvalue weighted by Crippen LogP contribution is 2.40. The first-order valence-corrected chi connectivity index (χ1v) is 8.49. The molecule has 0 spiro atoms. The summed E-state index contributed by atoms with van der Waals surface area (Å²) in [7, 11) is 0. The highest BCUT2D eigenvalue weighted by Gasteiger charge is 2.29. The summed E-state index contributed by atoms with van der Waals surface area (Å²) in [6.07, 6.45) is 8.60. The Morgan fingerprint density at radius 3 is 2.57 bits per heavy atom. The van der Waals surface area contributed by atoms with Crippen molar-refractivity contribution in [2.45, 2.75) is 57.7 Å². The lowest BCUT2D eigenvalue weighted by atomic mass is 9.86. The molecule has 1 heteroatoms. The van der Waals surface area contributed by atoms with Crippen molar-refractivity contribution in [2.75, 3.05) is 0 Å². The Bertz CT molecular complexity index is 634. The van der Waals surface area contributed by atoms with Crippen LogP contribution < -0.4 is 0 Å². The van der Waals surface area contributed by atoms with Crippen LogP contribution in [-0.2, 0) is 11.2 Å². The monoisotopic (exact) mass is 280 g/mol. The number of ether oxygens (including phenoxy) is 1. The van der Waals surface area contributed by atoms with Crippen molar-refractivity contribution >= 4 is 10.8 Å². The average molecular weight is 280 g/mol. The van der Waals surface area contributed by atoms with Gasteiger partial charge in [0.1, 0.15) is 0 Å². The van der Waals surface area contributed by atoms with E-state index in [2.05, 4.69) is 43.3 Å². The predicted octanol–water partition coefficient (Wildman–Crippen LogP) is 5.42. The molecule has 1 nitrogen and oxygen atoms in total. The molecule has 0 radical (unpaired) electrons. The maximum atomic E-state index is 6.52. The molecule has 1 fully saturated rings. The smallest absolute Gasteiger partial charge is 0.0875 e. The second-order valence-corrected chi connectivity index (χ2v) is 6.79. The van der Waals surface area contributed by atoms with Crippen LogP contribution in [0.5, 0.6) is 0 Å². The van der Waals surface area contributed by atoms with Gasteiger partial charge in [-0.2, -0.15) is 0 Å². The fraction of sp³-hybridized carbons (Fsp3) is 0.500. The zero-order valence-corrected chi connectivity index (χ0v) is 12.8. The molecule has 2 aromatic carbocycles. The molecule has 110 valence electrons. The van der Waals surface area contributed by atoms with Gasteiger partial charge >= 0.3 is 0 Å². The van der Waals surface area contributed by atoms with E-state index in [1.807, 2.05) is 0 Å². The van der Waals surface area contributed by atoms with E-state index in [4.69, 9.17) is 4.74 Å². The van der Waals surface area contributed by atoms with E-state index in [0.717, 1.165) is 12.3 Å². The van der Waals surface area contributed by atoms with Gasteiger partial charge in [0.2, 0.25) is 0 Å². The van der Waals surface area contributed by atoms with Crippen LogP contribution >= 0.6 is 0 Å². The van der Waals surface area contributed by atoms with E-state index >= 15 is 0 Å². The van der Waals surface area contributed by atoms with Crippen molar-refractivity contribution in [3.8, 4) is 0 Å². The van der Waals surface area contributed by atoms with Crippen LogP contribution in [0.2, 0.25) is 0 Å². The maximum Gasteiger partial charge on any atom is 0.0875 e. The summed E-state index contributed by atoms with van der Waals surface area (Å²) < 4.78 is 6.52. The summed E-state index contributed by atoms with van der Waals surface area (Å²) in [6, 6.07) is 13.3. The molecule has 0 bridgehead atoms. The molecule has 0 heterocycles. The minimum absolute atomic E-state index is 0.267. The van der Waals surface area contributed by atoms with Gasteiger partial charge in [0.05, 0.1) is 12.2 Å². The first kappa shape index (κ1) is 13.3. The molecule has 0 saturated heterocycles. The fourth-order valence-corrected chi connectivity index (χ4v) is 4.29. The molecule has 2 aliphatic carbocycles. The van der Waals surface area contributed by atoms with Crippen LogP contribution in [0.1, 0.15) is 56.3 Å². The number of benzene rings is 2. The van der Waals surface area contributed by atoms with Crippen molar-refractivity contribution in [3.63, 3.8) is 0 Å². The summed E-state index contributed by atoms with van der Waals surface area (Å²) in [5.41, 5.74) is 2.87. The van der Waals surface area contributed by atoms with E-state index < -0.39 is 0 Å². The highest BCUT2D eigenvalue weighted by atomic mass is 16.5. The second kappa shape index (κ2) is 5.46. The number of rotatable bonds is 3. The molecule has 2 aliphatic rings. The molecular weight excluding hydrogens is 256 g/mol. The van der Waals surface area contributed by atoms with Crippen molar-refractivity contribution in [3.05, 3.63) is 47.5 Å². The third-order valence-electron chi connectivity index (χ3n) is 5.47. The van der Waals surface area contributed by atoms with E-state index in [1.165, 1.54) is 54.0 Å². The van der Waals surface area contributed by atoms with Gasteiger partial charge in [0.25, 0.3) is 0 Å². The fourth-order valence-electron chi connectivity index (χ4n) is 4.29. The Morgan fingerprint density at radius 2 is 1.76 bits per heavy atom. The second-order valence-electron chi connectivity index (χ2n) is 6.79. The quantitative estimate of drug-likeness (QED) is 0.729. The minimum atomic E-state index is 0.267. The zero-order valence-electron chi connectivity index (χ0n) is 12.8. The molecule has 21 heavy (non-hydrogen) atoms. The molecule has 0 amide bonds. The number of hydrogen-bond donors (Lipinski definition) is 0. The molecule has 2 aromatic rings. The Kier molecular flexibility index (Phi) is 3.46. The van der Waals surface area contributed by atoms with Crippen molar-refractivity contribution < 1.29 is 4.74 Å². The highest BCUT2D eigenvalue weighted by molar-refractivity contribution is 5.91. The van der Waals surface area contributed by atoms with E-state index in [-0.39, 0.29) is 6.10 Å². The largest absolute Gasteiger partial charge is 0.370 e. The molecular formula is C20H24O. The van der Waals surface area contributed by atoms with Gasteiger partial charge in [-0.3, -0.25) is 0 Å². The molecule has 0 aromatic heterocycles. The summed E-state index contributed by atoms with van der Waals surface area (Å²) >= 11 is 0. The molecule has 0 N–H and O–H groups in total. The summed E-state index contributed by atoms with van der Waals surface area (Å²) in [4.78, 5) is 0. The Morgan fingerprint density at radius 1 is 1.00 bits per heavy atom. The van der Waals surface area contributed by atoms with Crippen molar-refractivity contribution in [1.82, 2.24) is 0 Å². The van der Waals surface area contributed by atoms with Gasteiger partial charge in [0.15, 0.2) is 0 Å². The Hall–Kier alpha value is -1.34. The van der Waals surface area contributed by atoms with Crippen molar-refractivity contribution in [1.29, 1.82) is 0 Å². The van der Waals surface area contributed by atoms with Gasteiger partial charge in [-0.25, -0.2) is 0 Å². The normalized spacial score (nSPS) is 23.6. The Labute approximate surface area is 127 Å². The van der Waals surface area contributed by atoms with E-state index in [0.29, 0.717) is 6.10 Å². The van der Waals surface area contributed by atoms with Gasteiger partial charge in [-0.15, -0.1) is 0 Å². The van der Waals surface area contributed by atoms with E-state index in [1.54, 1.807) is 0 Å². The third-order valence-corrected chi connectivity index (χ3v) is 5.47. The average Bonchev–Trinajstić information content (AvgIpc) is 2.89. The first-order valence-electron chi connectivity index (χ1n) is 8.49. The van der Waals surface area contributed by atoms with Crippen LogP contribution in [-0.4, -0.2) is 6.10 Å². The van der Waals surface area contributed by atoms with Gasteiger partial charge < -0.3 is 4.74 Å². The van der Waals surface area contributed by atoms with Crippen LogP contribution in [0, 0.1) is 5.92 Å². The zero-order chi connectivity index (χ0) is 14.2. The SMILES string of the molecule is CC(OC1Cc2cccc3cccc1c23)C1CCCCC1. The lowest BCUT2D eigenvalue weighted by molar-refractivity contribution is -0.0393.